The highest BCUT2D eigenvalue weighted by atomic mass is 32.1. The Morgan fingerprint density at radius 3 is 2.54 bits per heavy atom. The average molecular weight is 366 g/mol. The molecule has 4 heterocycles. The lowest BCUT2D eigenvalue weighted by Crippen LogP contribution is -2.62. The number of benzene rings is 1. The van der Waals surface area contributed by atoms with Crippen molar-refractivity contribution in [3.63, 3.8) is 0 Å². The highest BCUT2D eigenvalue weighted by Gasteiger charge is 2.66. The predicted octanol–water partition coefficient (Wildman–Crippen LogP) is 6.92. The number of furan rings is 1. The number of fused-ring (bicyclic) bond motifs is 7. The van der Waals surface area contributed by atoms with E-state index < -0.39 is 0 Å². The van der Waals surface area contributed by atoms with Crippen LogP contribution in [0.15, 0.2) is 34.1 Å². The van der Waals surface area contributed by atoms with Gasteiger partial charge in [0.15, 0.2) is 0 Å². The second-order valence-electron chi connectivity index (χ2n) is 9.30. The normalized spacial score (nSPS) is 28.1. The number of para-hydroxylation sites is 1. The summed E-state index contributed by atoms with van der Waals surface area (Å²) in [6.45, 7) is 16.7. The molecule has 0 spiro atoms. The molecule has 2 atom stereocenters. The van der Waals surface area contributed by atoms with Crippen molar-refractivity contribution >= 4 is 27.3 Å². The monoisotopic (exact) mass is 365 g/mol. The standard InChI is InChI=1S/C23H27NOS/c1-13-9-8-10-15-18(13)24-14(2)17-19-16(11-12-26-19)25-20(17)23(24,7)22(5,6)21(15,3)4/h8-12,14H,1-7H3/t14-,23?/m0/s1. The molecular formula is C23H27NOS. The van der Waals surface area contributed by atoms with Gasteiger partial charge in [-0.3, -0.25) is 0 Å². The van der Waals surface area contributed by atoms with Crippen LogP contribution in [0.1, 0.15) is 70.0 Å². The summed E-state index contributed by atoms with van der Waals surface area (Å²) in [7, 11) is 0. The quantitative estimate of drug-likeness (QED) is 0.430. The Bertz CT molecular complexity index is 1050. The molecule has 3 heteroatoms. The summed E-state index contributed by atoms with van der Waals surface area (Å²) in [5, 5.41) is 2.15. The highest BCUT2D eigenvalue weighted by molar-refractivity contribution is 7.17. The number of aryl methyl sites for hydroxylation is 1. The lowest BCUT2D eigenvalue weighted by molar-refractivity contribution is 0.0521. The summed E-state index contributed by atoms with van der Waals surface area (Å²) in [5.74, 6) is 1.18. The van der Waals surface area contributed by atoms with Gasteiger partial charge in [-0.2, -0.15) is 0 Å². The van der Waals surface area contributed by atoms with Gasteiger partial charge in [-0.15, -0.1) is 11.3 Å². The lowest BCUT2D eigenvalue weighted by atomic mass is 9.52. The minimum absolute atomic E-state index is 0.000273. The molecule has 0 radical (unpaired) electrons. The summed E-state index contributed by atoms with van der Waals surface area (Å²) in [4.78, 5) is 2.66. The van der Waals surface area contributed by atoms with Gasteiger partial charge >= 0.3 is 0 Å². The van der Waals surface area contributed by atoms with Crippen LogP contribution < -0.4 is 4.90 Å². The van der Waals surface area contributed by atoms with Gasteiger partial charge in [0.1, 0.15) is 16.9 Å². The molecule has 136 valence electrons. The second-order valence-corrected chi connectivity index (χ2v) is 10.2. The van der Waals surface area contributed by atoms with Crippen molar-refractivity contribution in [3.8, 4) is 0 Å². The number of thiophene rings is 1. The average Bonchev–Trinajstić information content (AvgIpc) is 3.19. The number of anilines is 1. The molecule has 2 nitrogen and oxygen atoms in total. The van der Waals surface area contributed by atoms with Crippen LogP contribution in [0.4, 0.5) is 5.69 Å². The first-order chi connectivity index (χ1) is 12.1. The first-order valence-electron chi connectivity index (χ1n) is 9.54. The molecule has 3 aromatic rings. The van der Waals surface area contributed by atoms with Crippen molar-refractivity contribution in [2.45, 2.75) is 65.5 Å². The van der Waals surface area contributed by atoms with Crippen LogP contribution in [-0.2, 0) is 11.0 Å². The van der Waals surface area contributed by atoms with E-state index in [2.05, 4.69) is 83.0 Å². The molecule has 0 bridgehead atoms. The van der Waals surface area contributed by atoms with E-state index in [1.165, 1.54) is 32.8 Å². The van der Waals surface area contributed by atoms with Crippen LogP contribution in [0.25, 0.3) is 10.3 Å². The molecule has 2 aromatic heterocycles. The van der Waals surface area contributed by atoms with E-state index in [0.29, 0.717) is 6.04 Å². The van der Waals surface area contributed by atoms with Crippen molar-refractivity contribution < 1.29 is 4.42 Å². The van der Waals surface area contributed by atoms with Gasteiger partial charge in [0.05, 0.1) is 10.7 Å². The van der Waals surface area contributed by atoms with Gasteiger partial charge < -0.3 is 9.32 Å². The molecule has 26 heavy (non-hydrogen) atoms. The molecule has 0 saturated carbocycles. The molecule has 0 N–H and O–H groups in total. The fourth-order valence-corrected chi connectivity index (χ4v) is 6.58. The van der Waals surface area contributed by atoms with E-state index in [4.69, 9.17) is 4.42 Å². The van der Waals surface area contributed by atoms with E-state index in [-0.39, 0.29) is 16.4 Å². The maximum atomic E-state index is 6.55. The predicted molar refractivity (Wildman–Crippen MR) is 110 cm³/mol. The molecule has 0 saturated heterocycles. The van der Waals surface area contributed by atoms with Crippen molar-refractivity contribution in [2.75, 3.05) is 4.90 Å². The van der Waals surface area contributed by atoms with Crippen molar-refractivity contribution in [3.05, 3.63) is 52.1 Å². The Kier molecular flexibility index (Phi) is 2.88. The molecule has 2 aliphatic rings. The summed E-state index contributed by atoms with van der Waals surface area (Å²) >= 11 is 1.81. The second kappa shape index (κ2) is 4.56. The number of hydrogen-bond donors (Lipinski definition) is 0. The van der Waals surface area contributed by atoms with Gasteiger partial charge in [0, 0.05) is 16.7 Å². The van der Waals surface area contributed by atoms with Crippen molar-refractivity contribution in [1.29, 1.82) is 0 Å². The Labute approximate surface area is 159 Å². The van der Waals surface area contributed by atoms with Crippen LogP contribution in [0.3, 0.4) is 0 Å². The van der Waals surface area contributed by atoms with E-state index >= 15 is 0 Å². The lowest BCUT2D eigenvalue weighted by Gasteiger charge is -2.61. The first-order valence-corrected chi connectivity index (χ1v) is 10.4. The zero-order valence-electron chi connectivity index (χ0n) is 16.7. The maximum absolute atomic E-state index is 6.55. The molecule has 0 fully saturated rings. The summed E-state index contributed by atoms with van der Waals surface area (Å²) < 4.78 is 7.87. The molecule has 0 amide bonds. The zero-order chi connectivity index (χ0) is 18.6. The Hall–Kier alpha value is -1.74. The van der Waals surface area contributed by atoms with Gasteiger partial charge in [-0.05, 0) is 48.8 Å². The topological polar surface area (TPSA) is 16.4 Å². The summed E-state index contributed by atoms with van der Waals surface area (Å²) in [6, 6.07) is 9.23. The molecule has 5 rings (SSSR count). The number of nitrogens with zero attached hydrogens (tertiary/aromatic N) is 1. The third-order valence-corrected chi connectivity index (χ3v) is 8.92. The van der Waals surface area contributed by atoms with E-state index in [1.54, 1.807) is 0 Å². The Morgan fingerprint density at radius 2 is 1.81 bits per heavy atom. The van der Waals surface area contributed by atoms with Gasteiger partial charge in [0.25, 0.3) is 0 Å². The van der Waals surface area contributed by atoms with E-state index in [0.717, 1.165) is 5.58 Å². The molecule has 0 aliphatic carbocycles. The molecule has 1 aromatic carbocycles. The van der Waals surface area contributed by atoms with Gasteiger partial charge in [-0.25, -0.2) is 0 Å². The minimum atomic E-state index is -0.177. The Morgan fingerprint density at radius 1 is 1.08 bits per heavy atom. The maximum Gasteiger partial charge on any atom is 0.145 e. The van der Waals surface area contributed by atoms with Crippen molar-refractivity contribution in [1.82, 2.24) is 0 Å². The van der Waals surface area contributed by atoms with Gasteiger partial charge in [0.2, 0.25) is 0 Å². The molecular weight excluding hydrogens is 338 g/mol. The largest absolute Gasteiger partial charge is 0.457 e. The first kappa shape index (κ1) is 16.4. The minimum Gasteiger partial charge on any atom is -0.457 e. The fraction of sp³-hybridized carbons (Fsp3) is 0.478. The smallest absolute Gasteiger partial charge is 0.145 e. The SMILES string of the molecule is Cc1cccc2c1N1[C@@H](C)c3c(oc4ccsc34)C1(C)C(C)(C)C2(C)C. The third kappa shape index (κ3) is 1.49. The summed E-state index contributed by atoms with van der Waals surface area (Å²) in [6.07, 6.45) is 0. The molecule has 1 unspecified atom stereocenters. The third-order valence-electron chi connectivity index (χ3n) is 7.99. The number of rotatable bonds is 0. The van der Waals surface area contributed by atoms with E-state index in [9.17, 15) is 0 Å². The van der Waals surface area contributed by atoms with Crippen LogP contribution in [0.5, 0.6) is 0 Å². The zero-order valence-corrected chi connectivity index (χ0v) is 17.5. The van der Waals surface area contributed by atoms with Crippen LogP contribution in [0.2, 0.25) is 0 Å². The van der Waals surface area contributed by atoms with Crippen LogP contribution >= 0.6 is 11.3 Å². The highest BCUT2D eigenvalue weighted by Crippen LogP contribution is 2.68. The number of hydrogen-bond acceptors (Lipinski definition) is 3. The van der Waals surface area contributed by atoms with Gasteiger partial charge in [-0.1, -0.05) is 45.9 Å². The Balaban J connectivity index is 1.94. The fourth-order valence-electron chi connectivity index (χ4n) is 5.64. The van der Waals surface area contributed by atoms with Crippen LogP contribution in [-0.4, -0.2) is 0 Å². The van der Waals surface area contributed by atoms with Crippen LogP contribution in [0, 0.1) is 12.3 Å². The van der Waals surface area contributed by atoms with Crippen molar-refractivity contribution in [2.24, 2.45) is 5.41 Å². The van der Waals surface area contributed by atoms with E-state index in [1.807, 2.05) is 11.3 Å². The summed E-state index contributed by atoms with van der Waals surface area (Å²) in [5.41, 5.74) is 6.53. The molecule has 2 aliphatic heterocycles.